The second-order valence-electron chi connectivity index (χ2n) is 5.34. The number of methoxy groups -OCH3 is 2. The molecule has 2 aromatic carbocycles. The first-order chi connectivity index (χ1) is 12.1. The molecule has 7 nitrogen and oxygen atoms in total. The van der Waals surface area contributed by atoms with Crippen molar-refractivity contribution in [3.8, 4) is 23.0 Å². The Labute approximate surface area is 144 Å². The summed E-state index contributed by atoms with van der Waals surface area (Å²) < 4.78 is 16.7. The predicted octanol–water partition coefficient (Wildman–Crippen LogP) is 2.25. The first-order valence-corrected chi connectivity index (χ1v) is 7.65. The zero-order chi connectivity index (χ0) is 17.8. The van der Waals surface area contributed by atoms with Gasteiger partial charge in [0.25, 0.3) is 0 Å². The fourth-order valence-electron chi connectivity index (χ4n) is 2.48. The molecule has 3 aromatic rings. The van der Waals surface area contributed by atoms with Crippen molar-refractivity contribution in [3.05, 3.63) is 64.6 Å². The van der Waals surface area contributed by atoms with E-state index in [1.165, 1.54) is 14.2 Å². The Morgan fingerprint density at radius 1 is 1.16 bits per heavy atom. The smallest absolute Gasteiger partial charge is 0.437 e. The van der Waals surface area contributed by atoms with Gasteiger partial charge in [0, 0.05) is 11.1 Å². The highest BCUT2D eigenvalue weighted by molar-refractivity contribution is 5.51. The molecule has 0 aliphatic carbocycles. The molecule has 1 aromatic heterocycles. The summed E-state index contributed by atoms with van der Waals surface area (Å²) in [7, 11) is 3.04. The van der Waals surface area contributed by atoms with Gasteiger partial charge in [-0.2, -0.15) is 4.68 Å². The van der Waals surface area contributed by atoms with E-state index in [0.717, 1.165) is 4.68 Å². The fourth-order valence-corrected chi connectivity index (χ4v) is 2.48. The van der Waals surface area contributed by atoms with Crippen LogP contribution in [0.1, 0.15) is 11.7 Å². The third kappa shape index (κ3) is 3.56. The number of rotatable bonds is 6. The van der Waals surface area contributed by atoms with Crippen molar-refractivity contribution in [3.63, 3.8) is 0 Å². The molecule has 130 valence electrons. The molecule has 0 saturated heterocycles. The van der Waals surface area contributed by atoms with Crippen LogP contribution in [0.15, 0.2) is 57.7 Å². The Morgan fingerprint density at radius 2 is 1.92 bits per heavy atom. The van der Waals surface area contributed by atoms with Crippen molar-refractivity contribution in [1.82, 2.24) is 9.78 Å². The van der Waals surface area contributed by atoms with E-state index < -0.39 is 11.9 Å². The molecule has 7 heteroatoms. The monoisotopic (exact) mass is 342 g/mol. The molecule has 0 radical (unpaired) electrons. The van der Waals surface area contributed by atoms with Crippen molar-refractivity contribution >= 4 is 0 Å². The third-order valence-electron chi connectivity index (χ3n) is 3.77. The van der Waals surface area contributed by atoms with Crippen molar-refractivity contribution in [2.24, 2.45) is 0 Å². The van der Waals surface area contributed by atoms with E-state index in [4.69, 9.17) is 13.9 Å². The van der Waals surface area contributed by atoms with Crippen molar-refractivity contribution in [2.45, 2.75) is 12.6 Å². The maximum atomic E-state index is 12.0. The number of nitrogens with zero attached hydrogens (tertiary/aromatic N) is 2. The molecule has 25 heavy (non-hydrogen) atoms. The van der Waals surface area contributed by atoms with Crippen LogP contribution in [0.3, 0.4) is 0 Å². The average molecular weight is 342 g/mol. The number of benzene rings is 2. The van der Waals surface area contributed by atoms with E-state index in [2.05, 4.69) is 5.10 Å². The molecule has 1 N–H and O–H groups in total. The number of aliphatic hydroxyl groups excluding tert-OH is 1. The van der Waals surface area contributed by atoms with Crippen molar-refractivity contribution < 1.29 is 19.0 Å². The Bertz CT molecular complexity index is 901. The molecule has 1 heterocycles. The third-order valence-corrected chi connectivity index (χ3v) is 3.77. The van der Waals surface area contributed by atoms with Gasteiger partial charge in [-0.15, -0.1) is 5.10 Å². The minimum Gasteiger partial charge on any atom is -0.497 e. The molecule has 0 unspecified atom stereocenters. The summed E-state index contributed by atoms with van der Waals surface area (Å²) in [5.74, 6) is 0.635. The van der Waals surface area contributed by atoms with Gasteiger partial charge in [0.1, 0.15) is 17.6 Å². The van der Waals surface area contributed by atoms with Gasteiger partial charge in [0.2, 0.25) is 5.89 Å². The molecule has 0 amide bonds. The zero-order valence-electron chi connectivity index (χ0n) is 13.9. The summed E-state index contributed by atoms with van der Waals surface area (Å²) in [4.78, 5) is 12.0. The van der Waals surface area contributed by atoms with Gasteiger partial charge in [-0.25, -0.2) is 4.79 Å². The van der Waals surface area contributed by atoms with Crippen molar-refractivity contribution in [1.29, 1.82) is 0 Å². The number of hydrogen-bond donors (Lipinski definition) is 1. The highest BCUT2D eigenvalue weighted by atomic mass is 16.5. The molecule has 0 aliphatic rings. The van der Waals surface area contributed by atoms with E-state index in [9.17, 15) is 9.90 Å². The molecule has 0 fully saturated rings. The van der Waals surface area contributed by atoms with Crippen LogP contribution < -0.4 is 15.2 Å². The lowest BCUT2D eigenvalue weighted by Gasteiger charge is -2.15. The summed E-state index contributed by atoms with van der Waals surface area (Å²) in [6.07, 6.45) is -1.02. The van der Waals surface area contributed by atoms with Crippen LogP contribution in [-0.2, 0) is 6.54 Å². The molecule has 0 aliphatic heterocycles. The molecular formula is C18H18N2O5. The molecule has 0 saturated carbocycles. The summed E-state index contributed by atoms with van der Waals surface area (Å²) >= 11 is 0. The molecule has 1 atom stereocenters. The Balaban J connectivity index is 1.88. The van der Waals surface area contributed by atoms with Gasteiger partial charge in [-0.1, -0.05) is 18.2 Å². The standard InChI is InChI=1S/C18H18N2O5/c1-23-13-8-9-16(24-2)14(10-13)15(21)11-20-18(22)25-17(19-20)12-6-4-3-5-7-12/h3-10,15,21H,11H2,1-2H3/t15-/m1/s1. The summed E-state index contributed by atoms with van der Waals surface area (Å²) in [6, 6.07) is 14.2. The lowest BCUT2D eigenvalue weighted by Crippen LogP contribution is -2.20. The topological polar surface area (TPSA) is 86.7 Å². The normalized spacial score (nSPS) is 12.0. The first-order valence-electron chi connectivity index (χ1n) is 7.65. The highest BCUT2D eigenvalue weighted by Crippen LogP contribution is 2.30. The second kappa shape index (κ2) is 7.23. The van der Waals surface area contributed by atoms with Gasteiger partial charge in [-0.3, -0.25) is 0 Å². The van der Waals surface area contributed by atoms with E-state index in [1.54, 1.807) is 30.3 Å². The van der Waals surface area contributed by atoms with E-state index in [1.807, 2.05) is 18.2 Å². The maximum absolute atomic E-state index is 12.0. The Kier molecular flexibility index (Phi) is 4.85. The van der Waals surface area contributed by atoms with E-state index >= 15 is 0 Å². The number of aromatic nitrogens is 2. The summed E-state index contributed by atoms with van der Waals surface area (Å²) in [5.41, 5.74) is 1.19. The van der Waals surface area contributed by atoms with Gasteiger partial charge in [0.15, 0.2) is 0 Å². The van der Waals surface area contributed by atoms with Crippen LogP contribution in [0.5, 0.6) is 11.5 Å². The predicted molar refractivity (Wildman–Crippen MR) is 90.7 cm³/mol. The lowest BCUT2D eigenvalue weighted by atomic mass is 10.1. The molecule has 0 bridgehead atoms. The van der Waals surface area contributed by atoms with Crippen LogP contribution in [0.25, 0.3) is 11.5 Å². The average Bonchev–Trinajstić information content (AvgIpc) is 3.02. The second-order valence-corrected chi connectivity index (χ2v) is 5.34. The Morgan fingerprint density at radius 3 is 2.60 bits per heavy atom. The van der Waals surface area contributed by atoms with E-state index in [0.29, 0.717) is 22.6 Å². The van der Waals surface area contributed by atoms with Gasteiger partial charge >= 0.3 is 5.76 Å². The number of hydrogen-bond acceptors (Lipinski definition) is 6. The molecule has 3 rings (SSSR count). The van der Waals surface area contributed by atoms with Crippen LogP contribution in [-0.4, -0.2) is 29.1 Å². The van der Waals surface area contributed by atoms with Crippen LogP contribution in [0.2, 0.25) is 0 Å². The van der Waals surface area contributed by atoms with E-state index in [-0.39, 0.29) is 12.4 Å². The minimum atomic E-state index is -1.02. The minimum absolute atomic E-state index is 0.0707. The van der Waals surface area contributed by atoms with Gasteiger partial charge in [-0.05, 0) is 30.3 Å². The van der Waals surface area contributed by atoms with Gasteiger partial charge in [0.05, 0.1) is 20.8 Å². The molecular weight excluding hydrogens is 324 g/mol. The highest BCUT2D eigenvalue weighted by Gasteiger charge is 2.19. The summed E-state index contributed by atoms with van der Waals surface area (Å²) in [6.45, 7) is -0.0707. The summed E-state index contributed by atoms with van der Waals surface area (Å²) in [5, 5.41) is 14.7. The quantitative estimate of drug-likeness (QED) is 0.739. The fraction of sp³-hybridized carbons (Fsp3) is 0.222. The first kappa shape index (κ1) is 16.8. The molecule has 0 spiro atoms. The number of aliphatic hydroxyl groups is 1. The maximum Gasteiger partial charge on any atom is 0.437 e. The SMILES string of the molecule is COc1ccc(OC)c([C@H](O)Cn2nc(-c3ccccc3)oc2=O)c1. The largest absolute Gasteiger partial charge is 0.497 e. The van der Waals surface area contributed by atoms with Crippen LogP contribution in [0, 0.1) is 0 Å². The van der Waals surface area contributed by atoms with Gasteiger partial charge < -0.3 is 19.0 Å². The number of ether oxygens (including phenoxy) is 2. The van der Waals surface area contributed by atoms with Crippen LogP contribution >= 0.6 is 0 Å². The lowest BCUT2D eigenvalue weighted by molar-refractivity contribution is 0.144. The zero-order valence-corrected chi connectivity index (χ0v) is 13.9. The van der Waals surface area contributed by atoms with Crippen LogP contribution in [0.4, 0.5) is 0 Å². The van der Waals surface area contributed by atoms with Crippen molar-refractivity contribution in [2.75, 3.05) is 14.2 Å². The Hall–Kier alpha value is -3.06.